The molecule has 33 heavy (non-hydrogen) atoms. The van der Waals surface area contributed by atoms with Gasteiger partial charge < -0.3 is 33.9 Å². The monoisotopic (exact) mass is 454 g/mol. The van der Waals surface area contributed by atoms with Gasteiger partial charge in [0.15, 0.2) is 23.0 Å². The minimum Gasteiger partial charge on any atom is -0.493 e. The summed E-state index contributed by atoms with van der Waals surface area (Å²) in [5.41, 5.74) is 1.43. The largest absolute Gasteiger partial charge is 0.493 e. The number of methoxy groups -OCH3 is 3. The number of nitrogens with zero attached hydrogens (tertiary/aromatic N) is 1. The van der Waals surface area contributed by atoms with Crippen LogP contribution in [0.15, 0.2) is 36.4 Å². The number of hydrogen-bond acceptors (Lipinski definition) is 7. The van der Waals surface area contributed by atoms with Gasteiger partial charge in [-0.2, -0.15) is 0 Å². The number of fused-ring (bicyclic) bond motifs is 1. The van der Waals surface area contributed by atoms with Crippen LogP contribution in [0.4, 0.5) is 5.69 Å². The number of anilines is 1. The Morgan fingerprint density at radius 3 is 2.39 bits per heavy atom. The molecule has 2 amide bonds. The summed E-state index contributed by atoms with van der Waals surface area (Å²) in [5.74, 6) is 2.38. The van der Waals surface area contributed by atoms with Crippen molar-refractivity contribution in [1.29, 1.82) is 0 Å². The summed E-state index contributed by atoms with van der Waals surface area (Å²) >= 11 is 0. The maximum absolute atomic E-state index is 12.6. The molecule has 0 aromatic heterocycles. The number of hydrogen-bond donors (Lipinski definition) is 1. The van der Waals surface area contributed by atoms with Crippen molar-refractivity contribution in [1.82, 2.24) is 5.32 Å². The van der Waals surface area contributed by atoms with Gasteiger partial charge in [-0.3, -0.25) is 9.59 Å². The van der Waals surface area contributed by atoms with Crippen LogP contribution in [0.2, 0.25) is 0 Å². The molecule has 174 valence electrons. The fraction of sp³-hybridized carbons (Fsp3) is 0.333. The Morgan fingerprint density at radius 2 is 1.73 bits per heavy atom. The summed E-state index contributed by atoms with van der Waals surface area (Å²) in [6.07, 6.45) is 3.28. The highest BCUT2D eigenvalue weighted by atomic mass is 16.6. The van der Waals surface area contributed by atoms with Gasteiger partial charge in [-0.1, -0.05) is 0 Å². The first-order valence-corrected chi connectivity index (χ1v) is 10.5. The zero-order chi connectivity index (χ0) is 23.4. The zero-order valence-corrected chi connectivity index (χ0v) is 18.8. The Labute approximate surface area is 191 Å². The van der Waals surface area contributed by atoms with E-state index in [1.165, 1.54) is 27.4 Å². The van der Waals surface area contributed by atoms with Crippen LogP contribution in [0.1, 0.15) is 12.0 Å². The predicted molar refractivity (Wildman–Crippen MR) is 121 cm³/mol. The van der Waals surface area contributed by atoms with Gasteiger partial charge in [-0.05, 0) is 35.9 Å². The van der Waals surface area contributed by atoms with Gasteiger partial charge in [0.1, 0.15) is 13.2 Å². The van der Waals surface area contributed by atoms with Crippen molar-refractivity contribution >= 4 is 23.6 Å². The Kier molecular flexibility index (Phi) is 6.58. The third-order valence-corrected chi connectivity index (χ3v) is 5.42. The molecule has 2 aliphatic rings. The van der Waals surface area contributed by atoms with Crippen LogP contribution >= 0.6 is 0 Å². The molecule has 2 heterocycles. The summed E-state index contributed by atoms with van der Waals surface area (Å²) in [6.45, 7) is 1.36. The first-order chi connectivity index (χ1) is 16.0. The SMILES string of the molecule is COc1cc(C=CC(=O)NC2CC(=O)N(c3ccc4c(c3)OCCO4)C2)cc(OC)c1OC. The number of carbonyl (C=O) groups excluding carboxylic acids is 2. The molecule has 1 N–H and O–H groups in total. The minimum absolute atomic E-state index is 0.0643. The van der Waals surface area contributed by atoms with Gasteiger partial charge in [0, 0.05) is 30.8 Å². The van der Waals surface area contributed by atoms with E-state index >= 15 is 0 Å². The number of nitrogens with one attached hydrogen (secondary N) is 1. The van der Waals surface area contributed by atoms with Crippen LogP contribution in [0.5, 0.6) is 28.7 Å². The van der Waals surface area contributed by atoms with E-state index in [-0.39, 0.29) is 24.3 Å². The Morgan fingerprint density at radius 1 is 1.03 bits per heavy atom. The summed E-state index contributed by atoms with van der Waals surface area (Å²) < 4.78 is 27.1. The van der Waals surface area contributed by atoms with Crippen molar-refractivity contribution in [2.24, 2.45) is 0 Å². The summed E-state index contributed by atoms with van der Waals surface area (Å²) in [5, 5.41) is 2.89. The second kappa shape index (κ2) is 9.72. The molecule has 4 rings (SSSR count). The Bertz CT molecular complexity index is 1060. The first-order valence-electron chi connectivity index (χ1n) is 10.5. The van der Waals surface area contributed by atoms with E-state index in [0.717, 1.165) is 0 Å². The van der Waals surface area contributed by atoms with Crippen LogP contribution in [0.3, 0.4) is 0 Å². The highest BCUT2D eigenvalue weighted by Crippen LogP contribution is 2.38. The van der Waals surface area contributed by atoms with Crippen molar-refractivity contribution in [3.63, 3.8) is 0 Å². The summed E-state index contributed by atoms with van der Waals surface area (Å²) in [4.78, 5) is 26.7. The average molecular weight is 454 g/mol. The molecule has 0 spiro atoms. The van der Waals surface area contributed by atoms with Gasteiger partial charge in [0.25, 0.3) is 0 Å². The van der Waals surface area contributed by atoms with E-state index in [4.69, 9.17) is 23.7 Å². The van der Waals surface area contributed by atoms with Gasteiger partial charge in [0.05, 0.1) is 27.4 Å². The molecule has 9 nitrogen and oxygen atoms in total. The molecule has 0 bridgehead atoms. The van der Waals surface area contributed by atoms with E-state index < -0.39 is 0 Å². The van der Waals surface area contributed by atoms with Crippen LogP contribution in [0, 0.1) is 0 Å². The molecule has 0 radical (unpaired) electrons. The Balaban J connectivity index is 1.40. The number of benzene rings is 2. The molecule has 1 unspecified atom stereocenters. The molecule has 2 aliphatic heterocycles. The van der Waals surface area contributed by atoms with Crippen molar-refractivity contribution in [2.45, 2.75) is 12.5 Å². The van der Waals surface area contributed by atoms with Gasteiger partial charge in [-0.25, -0.2) is 0 Å². The molecule has 2 aromatic carbocycles. The zero-order valence-electron chi connectivity index (χ0n) is 18.8. The molecule has 1 saturated heterocycles. The lowest BCUT2D eigenvalue weighted by atomic mass is 10.1. The second-order valence-electron chi connectivity index (χ2n) is 7.53. The lowest BCUT2D eigenvalue weighted by Crippen LogP contribution is -2.36. The summed E-state index contributed by atoms with van der Waals surface area (Å²) in [7, 11) is 4.59. The highest BCUT2D eigenvalue weighted by Gasteiger charge is 2.32. The number of ether oxygens (including phenoxy) is 5. The van der Waals surface area contributed by atoms with Crippen LogP contribution in [0.25, 0.3) is 6.08 Å². The Hall–Kier alpha value is -3.88. The quantitative estimate of drug-likeness (QED) is 0.642. The molecule has 2 aromatic rings. The van der Waals surface area contributed by atoms with Crippen molar-refractivity contribution < 1.29 is 33.3 Å². The minimum atomic E-state index is -0.303. The van der Waals surface area contributed by atoms with E-state index in [2.05, 4.69) is 5.32 Å². The highest BCUT2D eigenvalue weighted by molar-refractivity contribution is 5.98. The fourth-order valence-corrected chi connectivity index (χ4v) is 3.87. The van der Waals surface area contributed by atoms with Crippen molar-refractivity contribution in [3.05, 3.63) is 42.0 Å². The maximum Gasteiger partial charge on any atom is 0.244 e. The van der Waals surface area contributed by atoms with Crippen LogP contribution in [-0.4, -0.2) is 58.9 Å². The molecule has 1 fully saturated rings. The third-order valence-electron chi connectivity index (χ3n) is 5.42. The number of amides is 2. The first kappa shape index (κ1) is 22.3. The van der Waals surface area contributed by atoms with Gasteiger partial charge in [0.2, 0.25) is 17.6 Å². The number of rotatable bonds is 7. The maximum atomic E-state index is 12.6. The lowest BCUT2D eigenvalue weighted by molar-refractivity contribution is -0.117. The molecule has 1 atom stereocenters. The number of carbonyl (C=O) groups is 2. The van der Waals surface area contributed by atoms with E-state index in [1.54, 1.807) is 35.2 Å². The normalized spacial score (nSPS) is 17.2. The topological polar surface area (TPSA) is 95.6 Å². The van der Waals surface area contributed by atoms with Gasteiger partial charge >= 0.3 is 0 Å². The molecule has 9 heteroatoms. The van der Waals surface area contributed by atoms with Gasteiger partial charge in [-0.15, -0.1) is 0 Å². The second-order valence-corrected chi connectivity index (χ2v) is 7.53. The third kappa shape index (κ3) is 4.82. The van der Waals surface area contributed by atoms with E-state index in [9.17, 15) is 9.59 Å². The summed E-state index contributed by atoms with van der Waals surface area (Å²) in [6, 6.07) is 8.59. The molecule has 0 aliphatic carbocycles. The average Bonchev–Trinajstić information content (AvgIpc) is 3.21. The van der Waals surface area contributed by atoms with Crippen molar-refractivity contribution in [2.75, 3.05) is 46.0 Å². The predicted octanol–water partition coefficient (Wildman–Crippen LogP) is 2.42. The smallest absolute Gasteiger partial charge is 0.244 e. The van der Waals surface area contributed by atoms with E-state index in [1.807, 2.05) is 6.07 Å². The fourth-order valence-electron chi connectivity index (χ4n) is 3.87. The molecular weight excluding hydrogens is 428 g/mol. The standard InChI is InChI=1S/C24H26N2O7/c1-29-20-10-15(11-21(30-2)24(20)31-3)4-7-22(27)25-16-12-23(28)26(14-16)17-5-6-18-19(13-17)33-9-8-32-18/h4-7,10-11,13,16H,8-9,12,14H2,1-3H3,(H,25,27). The van der Waals surface area contributed by atoms with Crippen LogP contribution < -0.4 is 33.9 Å². The lowest BCUT2D eigenvalue weighted by Gasteiger charge is -2.22. The van der Waals surface area contributed by atoms with Crippen LogP contribution in [-0.2, 0) is 9.59 Å². The molecular formula is C24H26N2O7. The van der Waals surface area contributed by atoms with E-state index in [0.29, 0.717) is 59.8 Å². The molecule has 0 saturated carbocycles. The van der Waals surface area contributed by atoms with Crippen molar-refractivity contribution in [3.8, 4) is 28.7 Å².